The summed E-state index contributed by atoms with van der Waals surface area (Å²) in [7, 11) is -0.954. The second kappa shape index (κ2) is 9.18. The van der Waals surface area contributed by atoms with Gasteiger partial charge in [-0.3, -0.25) is 0 Å². The van der Waals surface area contributed by atoms with Crippen molar-refractivity contribution < 1.29 is 51.0 Å². The molecule has 28 heavy (non-hydrogen) atoms. The van der Waals surface area contributed by atoms with Crippen LogP contribution in [0.2, 0.25) is 13.1 Å². The van der Waals surface area contributed by atoms with Crippen molar-refractivity contribution in [3.05, 3.63) is 95.6 Å². The molecule has 0 atom stereocenters. The minimum Gasteiger partial charge on any atom is -1.00 e. The maximum absolute atomic E-state index is 2.46. The molecule has 0 saturated carbocycles. The van der Waals surface area contributed by atoms with Gasteiger partial charge in [0.2, 0.25) is 0 Å². The van der Waals surface area contributed by atoms with Gasteiger partial charge in [0.05, 0.1) is 0 Å². The van der Waals surface area contributed by atoms with E-state index in [2.05, 4.69) is 92.0 Å². The normalized spacial score (nSPS) is 12.0. The maximum Gasteiger partial charge on any atom is 3.00 e. The summed E-state index contributed by atoms with van der Waals surface area (Å²) in [5, 5.41) is 4.52. The van der Waals surface area contributed by atoms with Gasteiger partial charge in [-0.05, 0) is 22.3 Å². The van der Waals surface area contributed by atoms with Crippen LogP contribution in [-0.4, -0.2) is 8.80 Å². The van der Waals surface area contributed by atoms with Crippen molar-refractivity contribution in [1.82, 2.24) is 0 Å². The molecule has 0 bridgehead atoms. The fraction of sp³-hybridized carbons (Fsp3) is 0.125. The van der Waals surface area contributed by atoms with Crippen LogP contribution < -0.4 is 30.0 Å². The molecule has 4 aromatic rings. The molecule has 1 aliphatic carbocycles. The van der Waals surface area contributed by atoms with Gasteiger partial charge in [-0.25, -0.2) is 0 Å². The Labute approximate surface area is 200 Å². The average Bonchev–Trinajstić information content (AvgIpc) is 3.17. The van der Waals surface area contributed by atoms with Gasteiger partial charge in [-0.1, -0.05) is 67.7 Å². The number of halogens is 2. The standard InChI is InChI=1S/C24H21Si.2ClH.Zr/c1-25(2)24-17-10-4-3-9-16(17)15-22(24)23-20-13-7-5-11-18(20)19-12-6-8-14-21(19)23;;;/h3-15,23,25H,1-2H3;2*1H;/q-1;;;+3/p-2. The summed E-state index contributed by atoms with van der Waals surface area (Å²) in [6.07, 6.45) is 0. The van der Waals surface area contributed by atoms with Crippen molar-refractivity contribution >= 4 is 24.8 Å². The number of hydrogen-bond donors (Lipinski definition) is 0. The Bertz CT molecular complexity index is 1060. The van der Waals surface area contributed by atoms with Gasteiger partial charge in [-0.15, -0.1) is 40.6 Å². The molecule has 139 valence electrons. The predicted molar refractivity (Wildman–Crippen MR) is 111 cm³/mol. The zero-order chi connectivity index (χ0) is 17.0. The topological polar surface area (TPSA) is 0 Å². The van der Waals surface area contributed by atoms with Crippen molar-refractivity contribution in [3.8, 4) is 11.1 Å². The van der Waals surface area contributed by atoms with Crippen LogP contribution in [0.3, 0.4) is 0 Å². The minimum atomic E-state index is -0.954. The summed E-state index contributed by atoms with van der Waals surface area (Å²) in [4.78, 5) is 0. The van der Waals surface area contributed by atoms with Crippen LogP contribution in [0, 0.1) is 0 Å². The van der Waals surface area contributed by atoms with E-state index in [0.717, 1.165) is 0 Å². The Hall–Kier alpha value is -1.05. The molecule has 4 aromatic carbocycles. The fourth-order valence-corrected chi connectivity index (χ4v) is 6.44. The van der Waals surface area contributed by atoms with E-state index in [1.54, 1.807) is 10.8 Å². The average molecular weight is 500 g/mol. The third-order valence-electron chi connectivity index (χ3n) is 5.60. The first-order chi connectivity index (χ1) is 12.3. The van der Waals surface area contributed by atoms with Crippen molar-refractivity contribution in [1.29, 1.82) is 0 Å². The monoisotopic (exact) mass is 497 g/mol. The molecule has 1 radical (unpaired) electrons. The molecule has 0 spiro atoms. The van der Waals surface area contributed by atoms with E-state index in [4.69, 9.17) is 0 Å². The first-order valence-electron chi connectivity index (χ1n) is 9.12. The Kier molecular flexibility index (Phi) is 7.62. The third kappa shape index (κ3) is 3.50. The number of hydrogen-bond acceptors (Lipinski definition) is 0. The number of benzene rings is 3. The molecular weight excluding hydrogens is 478 g/mol. The van der Waals surface area contributed by atoms with Crippen LogP contribution >= 0.6 is 0 Å². The van der Waals surface area contributed by atoms with E-state index in [1.165, 1.54) is 33.0 Å². The Balaban J connectivity index is 0.000000934. The Morgan fingerprint density at radius 1 is 0.714 bits per heavy atom. The molecule has 5 rings (SSSR count). The molecule has 0 saturated heterocycles. The van der Waals surface area contributed by atoms with E-state index < -0.39 is 8.80 Å². The van der Waals surface area contributed by atoms with Crippen molar-refractivity contribution in [3.63, 3.8) is 0 Å². The summed E-state index contributed by atoms with van der Waals surface area (Å²) in [5.41, 5.74) is 7.29. The van der Waals surface area contributed by atoms with Gasteiger partial charge in [0.1, 0.15) is 0 Å². The van der Waals surface area contributed by atoms with Gasteiger partial charge in [0, 0.05) is 14.7 Å². The molecule has 1 aliphatic rings. The summed E-state index contributed by atoms with van der Waals surface area (Å²) >= 11 is 0. The first-order valence-corrected chi connectivity index (χ1v) is 12.0. The molecule has 0 fully saturated rings. The molecular formula is C24H21Cl2SiZr. The molecule has 0 amide bonds. The van der Waals surface area contributed by atoms with Crippen LogP contribution in [-0.2, 0) is 26.2 Å². The van der Waals surface area contributed by atoms with Crippen LogP contribution in [0.4, 0.5) is 0 Å². The van der Waals surface area contributed by atoms with Gasteiger partial charge in [0.25, 0.3) is 0 Å². The first kappa shape index (κ1) is 23.2. The van der Waals surface area contributed by atoms with Gasteiger partial charge in [0.15, 0.2) is 0 Å². The van der Waals surface area contributed by atoms with E-state index in [-0.39, 0.29) is 51.0 Å². The largest absolute Gasteiger partial charge is 3.00 e. The van der Waals surface area contributed by atoms with Crippen LogP contribution in [0.25, 0.3) is 21.9 Å². The zero-order valence-electron chi connectivity index (χ0n) is 15.9. The van der Waals surface area contributed by atoms with Crippen LogP contribution in [0.15, 0.2) is 78.9 Å². The Morgan fingerprint density at radius 2 is 1.21 bits per heavy atom. The van der Waals surface area contributed by atoms with Crippen molar-refractivity contribution in [2.75, 3.05) is 0 Å². The third-order valence-corrected chi connectivity index (χ3v) is 7.39. The van der Waals surface area contributed by atoms with Crippen LogP contribution in [0.1, 0.15) is 22.6 Å². The summed E-state index contributed by atoms with van der Waals surface area (Å²) in [6, 6.07) is 29.3. The molecule has 0 aromatic heterocycles. The van der Waals surface area contributed by atoms with E-state index in [9.17, 15) is 0 Å². The van der Waals surface area contributed by atoms with Gasteiger partial charge in [-0.2, -0.15) is 5.19 Å². The fourth-order valence-electron chi connectivity index (χ4n) is 4.64. The van der Waals surface area contributed by atoms with Crippen molar-refractivity contribution in [2.24, 2.45) is 0 Å². The summed E-state index contributed by atoms with van der Waals surface area (Å²) < 4.78 is 0. The smallest absolute Gasteiger partial charge is 1.00 e. The van der Waals surface area contributed by atoms with E-state index in [0.29, 0.717) is 5.92 Å². The molecule has 0 unspecified atom stereocenters. The second-order valence-electron chi connectivity index (χ2n) is 7.36. The second-order valence-corrected chi connectivity index (χ2v) is 10.2. The summed E-state index contributed by atoms with van der Waals surface area (Å²) in [5.74, 6) is 0.379. The van der Waals surface area contributed by atoms with Gasteiger partial charge < -0.3 is 24.8 Å². The van der Waals surface area contributed by atoms with Crippen molar-refractivity contribution in [2.45, 2.75) is 19.0 Å². The SMILES string of the molecule is C[SiH](C)c1c(C2c3ccccc3-c3ccccc32)[cH-]c2ccccc12.[Cl-].[Cl-].[Zr+3]. The summed E-state index contributed by atoms with van der Waals surface area (Å²) in [6.45, 7) is 4.91. The molecule has 4 heteroatoms. The van der Waals surface area contributed by atoms with E-state index in [1.807, 2.05) is 0 Å². The molecule has 0 N–H and O–H groups in total. The number of fused-ring (bicyclic) bond motifs is 4. The Morgan fingerprint density at radius 3 is 1.79 bits per heavy atom. The molecule has 0 aliphatic heterocycles. The predicted octanol–water partition coefficient (Wildman–Crippen LogP) is -0.581. The minimum absolute atomic E-state index is 0. The number of rotatable bonds is 2. The zero-order valence-corrected chi connectivity index (χ0v) is 21.0. The van der Waals surface area contributed by atoms with Gasteiger partial charge >= 0.3 is 26.2 Å². The molecule has 0 nitrogen and oxygen atoms in total. The maximum atomic E-state index is 2.46. The molecule has 0 heterocycles. The quantitative estimate of drug-likeness (QED) is 0.225. The van der Waals surface area contributed by atoms with Crippen LogP contribution in [0.5, 0.6) is 0 Å². The van der Waals surface area contributed by atoms with E-state index >= 15 is 0 Å².